The van der Waals surface area contributed by atoms with E-state index in [1.165, 1.54) is 0 Å². The smallest absolute Gasteiger partial charge is 0.216 e. The molecule has 2 rings (SSSR count). The van der Waals surface area contributed by atoms with Crippen molar-refractivity contribution in [3.8, 4) is 5.75 Å². The third kappa shape index (κ3) is 2.88. The first-order valence-electron chi connectivity index (χ1n) is 5.71. The summed E-state index contributed by atoms with van der Waals surface area (Å²) in [6, 6.07) is 14.8. The summed E-state index contributed by atoms with van der Waals surface area (Å²) in [6.07, 6.45) is 1.55. The number of hydrogen-bond donors (Lipinski definition) is 0. The molecule has 0 atom stereocenters. The van der Waals surface area contributed by atoms with Gasteiger partial charge in [-0.05, 0) is 31.2 Å². The van der Waals surface area contributed by atoms with Crippen molar-refractivity contribution in [1.82, 2.24) is 0 Å². The molecular formula is C15H15NO2. The van der Waals surface area contributed by atoms with Crippen molar-refractivity contribution in [3.63, 3.8) is 0 Å². The van der Waals surface area contributed by atoms with Crippen molar-refractivity contribution in [2.45, 2.75) is 6.92 Å². The molecule has 2 aromatic carbocycles. The maximum Gasteiger partial charge on any atom is 0.216 e. The molecule has 0 heterocycles. The van der Waals surface area contributed by atoms with E-state index >= 15 is 0 Å². The molecule has 0 unspecified atom stereocenters. The molecule has 3 heteroatoms. The largest absolute Gasteiger partial charge is 0.618 e. The number of rotatable bonds is 3. The van der Waals surface area contributed by atoms with Gasteiger partial charge in [-0.1, -0.05) is 17.7 Å². The highest BCUT2D eigenvalue weighted by atomic mass is 16.5. The van der Waals surface area contributed by atoms with Crippen LogP contribution in [0.2, 0.25) is 0 Å². The summed E-state index contributed by atoms with van der Waals surface area (Å²) < 4.78 is 5.93. The average Bonchev–Trinajstić information content (AvgIpc) is 2.40. The standard InChI is InChI=1S/C15H15NO2/c1-12-3-7-14(8-4-12)16(17)11-13-5-9-15(18-2)10-6-13/h3-11H,1-2H3. The Morgan fingerprint density at radius 2 is 1.61 bits per heavy atom. The summed E-state index contributed by atoms with van der Waals surface area (Å²) in [5, 5.41) is 11.9. The van der Waals surface area contributed by atoms with Gasteiger partial charge >= 0.3 is 0 Å². The van der Waals surface area contributed by atoms with Crippen molar-refractivity contribution in [1.29, 1.82) is 0 Å². The lowest BCUT2D eigenvalue weighted by molar-refractivity contribution is -0.354. The van der Waals surface area contributed by atoms with E-state index in [1.807, 2.05) is 55.5 Å². The predicted octanol–water partition coefficient (Wildman–Crippen LogP) is 3.26. The molecule has 2 aromatic rings. The molecule has 0 radical (unpaired) electrons. The van der Waals surface area contributed by atoms with Crippen LogP contribution in [-0.2, 0) is 0 Å². The Balaban J connectivity index is 2.23. The summed E-state index contributed by atoms with van der Waals surface area (Å²) in [5.74, 6) is 0.778. The molecule has 0 amide bonds. The number of ether oxygens (including phenoxy) is 1. The fraction of sp³-hybridized carbons (Fsp3) is 0.133. The number of methoxy groups -OCH3 is 1. The van der Waals surface area contributed by atoms with Gasteiger partial charge in [-0.2, -0.15) is 4.74 Å². The van der Waals surface area contributed by atoms with E-state index in [9.17, 15) is 5.21 Å². The molecule has 0 aliphatic carbocycles. The van der Waals surface area contributed by atoms with Gasteiger partial charge in [-0.25, -0.2) is 0 Å². The lowest BCUT2D eigenvalue weighted by atomic mass is 10.2. The fourth-order valence-electron chi connectivity index (χ4n) is 1.59. The first kappa shape index (κ1) is 12.2. The molecule has 0 aliphatic rings. The molecule has 0 saturated carbocycles. The maximum absolute atomic E-state index is 11.9. The molecule has 0 aliphatic heterocycles. The Morgan fingerprint density at radius 3 is 2.17 bits per heavy atom. The number of hydrogen-bond acceptors (Lipinski definition) is 2. The van der Waals surface area contributed by atoms with Gasteiger partial charge in [0.05, 0.1) is 7.11 Å². The van der Waals surface area contributed by atoms with Crippen molar-refractivity contribution < 1.29 is 9.48 Å². The van der Waals surface area contributed by atoms with Gasteiger partial charge in [0.25, 0.3) is 0 Å². The minimum atomic E-state index is 0.622. The lowest BCUT2D eigenvalue weighted by Gasteiger charge is -2.03. The Hall–Kier alpha value is -2.29. The second kappa shape index (κ2) is 5.36. The molecule has 0 fully saturated rings. The minimum absolute atomic E-state index is 0.622. The minimum Gasteiger partial charge on any atom is -0.618 e. The Labute approximate surface area is 107 Å². The van der Waals surface area contributed by atoms with Crippen LogP contribution in [0.1, 0.15) is 11.1 Å². The second-order valence-electron chi connectivity index (χ2n) is 4.06. The lowest BCUT2D eigenvalue weighted by Crippen LogP contribution is -1.98. The Bertz CT molecular complexity index is 542. The van der Waals surface area contributed by atoms with Crippen molar-refractivity contribution in [3.05, 3.63) is 64.9 Å². The van der Waals surface area contributed by atoms with E-state index in [1.54, 1.807) is 13.3 Å². The first-order valence-corrected chi connectivity index (χ1v) is 5.71. The van der Waals surface area contributed by atoms with Crippen LogP contribution in [0.25, 0.3) is 0 Å². The monoisotopic (exact) mass is 241 g/mol. The van der Waals surface area contributed by atoms with Crippen LogP contribution >= 0.6 is 0 Å². The molecular weight excluding hydrogens is 226 g/mol. The molecule has 92 valence electrons. The highest BCUT2D eigenvalue weighted by Gasteiger charge is 2.01. The van der Waals surface area contributed by atoms with E-state index in [-0.39, 0.29) is 0 Å². The Morgan fingerprint density at radius 1 is 1.00 bits per heavy atom. The van der Waals surface area contributed by atoms with Gasteiger partial charge in [0.1, 0.15) is 5.75 Å². The molecule has 0 saturated heterocycles. The quantitative estimate of drug-likeness (QED) is 0.358. The SMILES string of the molecule is COc1ccc(C=[N+]([O-])c2ccc(C)cc2)cc1. The first-order chi connectivity index (χ1) is 8.69. The van der Waals surface area contributed by atoms with E-state index < -0.39 is 0 Å². The molecule has 18 heavy (non-hydrogen) atoms. The second-order valence-corrected chi connectivity index (χ2v) is 4.06. The summed E-state index contributed by atoms with van der Waals surface area (Å²) in [7, 11) is 1.62. The summed E-state index contributed by atoms with van der Waals surface area (Å²) >= 11 is 0. The van der Waals surface area contributed by atoms with Gasteiger partial charge in [-0.3, -0.25) is 0 Å². The summed E-state index contributed by atoms with van der Waals surface area (Å²) in [5.41, 5.74) is 2.60. The van der Waals surface area contributed by atoms with Crippen LogP contribution < -0.4 is 4.74 Å². The molecule has 3 nitrogen and oxygen atoms in total. The van der Waals surface area contributed by atoms with E-state index in [4.69, 9.17) is 4.74 Å². The zero-order valence-corrected chi connectivity index (χ0v) is 10.5. The maximum atomic E-state index is 11.9. The van der Waals surface area contributed by atoms with Crippen LogP contribution in [0.5, 0.6) is 5.75 Å². The Kier molecular flexibility index (Phi) is 3.63. The van der Waals surface area contributed by atoms with E-state index in [2.05, 4.69) is 0 Å². The van der Waals surface area contributed by atoms with Crippen molar-refractivity contribution in [2.75, 3.05) is 7.11 Å². The molecule has 0 bridgehead atoms. The van der Waals surface area contributed by atoms with Gasteiger partial charge in [-0.15, -0.1) is 0 Å². The average molecular weight is 241 g/mol. The number of aryl methyl sites for hydroxylation is 1. The normalized spacial score (nSPS) is 11.3. The highest BCUT2D eigenvalue weighted by Crippen LogP contribution is 2.13. The van der Waals surface area contributed by atoms with Crippen molar-refractivity contribution >= 4 is 11.9 Å². The highest BCUT2D eigenvalue weighted by molar-refractivity contribution is 5.76. The summed E-state index contributed by atoms with van der Waals surface area (Å²) in [4.78, 5) is 0. The number of benzene rings is 2. The van der Waals surface area contributed by atoms with Gasteiger partial charge in [0.2, 0.25) is 5.69 Å². The van der Waals surface area contributed by atoms with Gasteiger partial charge < -0.3 is 9.94 Å². The summed E-state index contributed by atoms with van der Waals surface area (Å²) in [6.45, 7) is 1.99. The molecule has 0 N–H and O–H groups in total. The van der Waals surface area contributed by atoms with Crippen LogP contribution in [0, 0.1) is 12.1 Å². The van der Waals surface area contributed by atoms with Crippen LogP contribution in [-0.4, -0.2) is 18.1 Å². The predicted molar refractivity (Wildman–Crippen MR) is 72.6 cm³/mol. The molecule has 0 aromatic heterocycles. The van der Waals surface area contributed by atoms with Crippen LogP contribution in [0.4, 0.5) is 5.69 Å². The van der Waals surface area contributed by atoms with Crippen LogP contribution in [0.3, 0.4) is 0 Å². The van der Waals surface area contributed by atoms with E-state index in [0.29, 0.717) is 5.69 Å². The van der Waals surface area contributed by atoms with E-state index in [0.717, 1.165) is 21.6 Å². The fourth-order valence-corrected chi connectivity index (χ4v) is 1.59. The van der Waals surface area contributed by atoms with Gasteiger partial charge in [0.15, 0.2) is 6.21 Å². The topological polar surface area (TPSA) is 35.3 Å². The third-order valence-corrected chi connectivity index (χ3v) is 2.67. The van der Waals surface area contributed by atoms with Crippen molar-refractivity contribution in [2.24, 2.45) is 0 Å². The third-order valence-electron chi connectivity index (χ3n) is 2.67. The van der Waals surface area contributed by atoms with Crippen LogP contribution in [0.15, 0.2) is 48.5 Å². The molecule has 0 spiro atoms. The van der Waals surface area contributed by atoms with Gasteiger partial charge in [0, 0.05) is 17.7 Å². The number of nitrogens with zero attached hydrogens (tertiary/aromatic N) is 1. The zero-order valence-electron chi connectivity index (χ0n) is 10.5. The zero-order chi connectivity index (χ0) is 13.0.